The number of carbonyl (C=O) groups excluding carboxylic acids is 1. The summed E-state index contributed by atoms with van der Waals surface area (Å²) in [5.74, 6) is -0.282. The lowest BCUT2D eigenvalue weighted by atomic mass is 10.1. The molecule has 0 rings (SSSR count). The summed E-state index contributed by atoms with van der Waals surface area (Å²) in [4.78, 5) is 10.1. The van der Waals surface area contributed by atoms with Crippen LogP contribution in [0.1, 0.15) is 77.6 Å². The zero-order chi connectivity index (χ0) is 14.3. The number of rotatable bonds is 13. The lowest BCUT2D eigenvalue weighted by Crippen LogP contribution is -2.29. The van der Waals surface area contributed by atoms with E-state index in [1.54, 1.807) is 0 Å². The van der Waals surface area contributed by atoms with Gasteiger partial charge < -0.3 is 5.32 Å². The highest BCUT2D eigenvalue weighted by Gasteiger charge is 2.09. The van der Waals surface area contributed by atoms with Crippen LogP contribution in [0, 0.1) is 0 Å². The van der Waals surface area contributed by atoms with Gasteiger partial charge in [0.25, 0.3) is 5.91 Å². The summed E-state index contributed by atoms with van der Waals surface area (Å²) < 4.78 is 0. The van der Waals surface area contributed by atoms with Crippen LogP contribution >= 0.6 is 23.2 Å². The summed E-state index contributed by atoms with van der Waals surface area (Å²) in [6, 6.07) is 0. The van der Waals surface area contributed by atoms with Crippen molar-refractivity contribution in [2.45, 2.75) is 82.4 Å². The van der Waals surface area contributed by atoms with Gasteiger partial charge in [-0.2, -0.15) is 0 Å². The van der Waals surface area contributed by atoms with Crippen molar-refractivity contribution >= 4 is 29.1 Å². The Morgan fingerprint density at radius 2 is 1.26 bits per heavy atom. The van der Waals surface area contributed by atoms with Gasteiger partial charge in [0.05, 0.1) is 0 Å². The van der Waals surface area contributed by atoms with E-state index in [-0.39, 0.29) is 5.91 Å². The number of carbonyl (C=O) groups is 1. The van der Waals surface area contributed by atoms with Gasteiger partial charge in [0.15, 0.2) is 4.84 Å². The molecule has 2 nitrogen and oxygen atoms in total. The van der Waals surface area contributed by atoms with E-state index in [1.807, 2.05) is 0 Å². The fourth-order valence-corrected chi connectivity index (χ4v) is 2.23. The molecule has 0 atom stereocenters. The first kappa shape index (κ1) is 19.1. The second-order valence-electron chi connectivity index (χ2n) is 5.13. The Morgan fingerprint density at radius 3 is 1.68 bits per heavy atom. The number of nitrogens with one attached hydrogen (secondary N) is 1. The Labute approximate surface area is 128 Å². The lowest BCUT2D eigenvalue weighted by Gasteiger charge is -2.05. The molecule has 0 aromatic heterocycles. The second-order valence-corrected chi connectivity index (χ2v) is 6.22. The van der Waals surface area contributed by atoms with Gasteiger partial charge in [-0.15, -0.1) is 0 Å². The third kappa shape index (κ3) is 14.3. The number of unbranched alkanes of at least 4 members (excludes halogenated alkanes) is 10. The van der Waals surface area contributed by atoms with Crippen molar-refractivity contribution in [1.29, 1.82) is 0 Å². The van der Waals surface area contributed by atoms with Crippen molar-refractivity contribution in [3.63, 3.8) is 0 Å². The lowest BCUT2D eigenvalue weighted by molar-refractivity contribution is -0.119. The van der Waals surface area contributed by atoms with Gasteiger partial charge in [-0.1, -0.05) is 94.3 Å². The first-order chi connectivity index (χ1) is 9.18. The molecule has 0 aromatic rings. The van der Waals surface area contributed by atoms with Crippen LogP contribution < -0.4 is 5.32 Å². The molecule has 0 unspecified atom stereocenters. The molecule has 0 aliphatic rings. The first-order valence-electron chi connectivity index (χ1n) is 7.74. The third-order valence-electron chi connectivity index (χ3n) is 3.28. The monoisotopic (exact) mass is 309 g/mol. The molecule has 0 spiro atoms. The predicted octanol–water partition coefficient (Wildman–Crippen LogP) is 5.22. The molecular weight excluding hydrogens is 281 g/mol. The van der Waals surface area contributed by atoms with Crippen LogP contribution in [0.15, 0.2) is 0 Å². The van der Waals surface area contributed by atoms with Gasteiger partial charge >= 0.3 is 0 Å². The summed E-state index contributed by atoms with van der Waals surface area (Å²) >= 11 is 10.8. The quantitative estimate of drug-likeness (QED) is 0.367. The van der Waals surface area contributed by atoms with E-state index in [2.05, 4.69) is 12.2 Å². The molecule has 0 saturated carbocycles. The summed E-state index contributed by atoms with van der Waals surface area (Å²) in [7, 11) is 0. The Hall–Kier alpha value is 0.0500. The second kappa shape index (κ2) is 14.5. The molecule has 0 aromatic carbocycles. The molecule has 0 heterocycles. The highest BCUT2D eigenvalue weighted by atomic mass is 35.5. The van der Waals surface area contributed by atoms with Crippen molar-refractivity contribution in [2.24, 2.45) is 0 Å². The van der Waals surface area contributed by atoms with E-state index in [1.165, 1.54) is 64.2 Å². The van der Waals surface area contributed by atoms with Crippen molar-refractivity contribution in [3.05, 3.63) is 0 Å². The minimum atomic E-state index is -0.937. The Kier molecular flexibility index (Phi) is 14.5. The van der Waals surface area contributed by atoms with Crippen molar-refractivity contribution in [1.82, 2.24) is 5.32 Å². The smallest absolute Gasteiger partial charge is 0.253 e. The van der Waals surface area contributed by atoms with Crippen molar-refractivity contribution < 1.29 is 4.79 Å². The topological polar surface area (TPSA) is 29.1 Å². The van der Waals surface area contributed by atoms with Gasteiger partial charge in [-0.25, -0.2) is 0 Å². The minimum absolute atomic E-state index is 0.282. The zero-order valence-electron chi connectivity index (χ0n) is 12.2. The van der Waals surface area contributed by atoms with Gasteiger partial charge in [0.2, 0.25) is 0 Å². The molecule has 19 heavy (non-hydrogen) atoms. The normalized spacial score (nSPS) is 10.9. The van der Waals surface area contributed by atoms with Crippen molar-refractivity contribution in [2.75, 3.05) is 6.54 Å². The highest BCUT2D eigenvalue weighted by Crippen LogP contribution is 2.11. The van der Waals surface area contributed by atoms with E-state index >= 15 is 0 Å². The van der Waals surface area contributed by atoms with E-state index in [4.69, 9.17) is 23.2 Å². The Balaban J connectivity index is 3.05. The van der Waals surface area contributed by atoms with Gasteiger partial charge in [0.1, 0.15) is 0 Å². The van der Waals surface area contributed by atoms with Gasteiger partial charge in [0, 0.05) is 6.54 Å². The molecule has 1 amide bonds. The largest absolute Gasteiger partial charge is 0.354 e. The first-order valence-corrected chi connectivity index (χ1v) is 8.61. The van der Waals surface area contributed by atoms with Crippen LogP contribution in [-0.2, 0) is 4.79 Å². The SMILES string of the molecule is CCCCCCCCCCCCCNC(=O)C(Cl)Cl. The third-order valence-corrected chi connectivity index (χ3v) is 3.67. The maximum atomic E-state index is 11.0. The zero-order valence-corrected chi connectivity index (χ0v) is 13.7. The Morgan fingerprint density at radius 1 is 0.842 bits per heavy atom. The molecule has 0 bridgehead atoms. The number of hydrogen-bond donors (Lipinski definition) is 1. The summed E-state index contributed by atoms with van der Waals surface area (Å²) in [6.45, 7) is 2.94. The maximum absolute atomic E-state index is 11.0. The van der Waals surface area contributed by atoms with E-state index < -0.39 is 4.84 Å². The fourth-order valence-electron chi connectivity index (χ4n) is 2.08. The number of halogens is 2. The summed E-state index contributed by atoms with van der Waals surface area (Å²) in [5, 5.41) is 2.71. The maximum Gasteiger partial charge on any atom is 0.253 e. The summed E-state index contributed by atoms with van der Waals surface area (Å²) in [6.07, 6.45) is 14.4. The van der Waals surface area contributed by atoms with E-state index in [0.29, 0.717) is 6.54 Å². The van der Waals surface area contributed by atoms with Crippen LogP contribution in [0.2, 0.25) is 0 Å². The van der Waals surface area contributed by atoms with Crippen LogP contribution in [0.25, 0.3) is 0 Å². The molecule has 0 aliphatic carbocycles. The molecule has 0 fully saturated rings. The standard InChI is InChI=1S/C15H29Cl2NO/c1-2-3-4-5-6-7-8-9-10-11-12-13-18-15(19)14(16)17/h14H,2-13H2,1H3,(H,18,19). The minimum Gasteiger partial charge on any atom is -0.354 e. The molecule has 0 aliphatic heterocycles. The van der Waals surface area contributed by atoms with Crippen LogP contribution in [-0.4, -0.2) is 17.3 Å². The number of alkyl halides is 2. The number of amides is 1. The number of hydrogen-bond acceptors (Lipinski definition) is 1. The van der Waals surface area contributed by atoms with Gasteiger partial charge in [-0.05, 0) is 6.42 Å². The van der Waals surface area contributed by atoms with Crippen LogP contribution in [0.5, 0.6) is 0 Å². The fraction of sp³-hybridized carbons (Fsp3) is 0.933. The van der Waals surface area contributed by atoms with Crippen LogP contribution in [0.4, 0.5) is 0 Å². The van der Waals surface area contributed by atoms with Crippen molar-refractivity contribution in [3.8, 4) is 0 Å². The highest BCUT2D eigenvalue weighted by molar-refractivity contribution is 6.53. The predicted molar refractivity (Wildman–Crippen MR) is 85.0 cm³/mol. The molecule has 0 radical (unpaired) electrons. The average molecular weight is 310 g/mol. The Bertz CT molecular complexity index is 210. The van der Waals surface area contributed by atoms with Crippen LogP contribution in [0.3, 0.4) is 0 Å². The van der Waals surface area contributed by atoms with Gasteiger partial charge in [-0.3, -0.25) is 4.79 Å². The van der Waals surface area contributed by atoms with E-state index in [9.17, 15) is 4.79 Å². The molecule has 0 saturated heterocycles. The average Bonchev–Trinajstić information content (AvgIpc) is 2.39. The molecule has 1 N–H and O–H groups in total. The molecule has 4 heteroatoms. The van der Waals surface area contributed by atoms with E-state index in [0.717, 1.165) is 6.42 Å². The molecule has 114 valence electrons. The summed E-state index contributed by atoms with van der Waals surface area (Å²) in [5.41, 5.74) is 0. The molecular formula is C15H29Cl2NO.